The molecule has 0 heterocycles. The molecule has 0 atom stereocenters. The van der Waals surface area contributed by atoms with Crippen LogP contribution in [-0.4, -0.2) is 6.54 Å². The zero-order chi connectivity index (χ0) is 16.5. The summed E-state index contributed by atoms with van der Waals surface area (Å²) in [4.78, 5) is 0. The van der Waals surface area contributed by atoms with Crippen molar-refractivity contribution in [3.8, 4) is 0 Å². The van der Waals surface area contributed by atoms with Crippen molar-refractivity contribution in [3.63, 3.8) is 0 Å². The molecular weight excluding hydrogens is 278 g/mol. The molecule has 1 heteroatoms. The first kappa shape index (κ1) is 18.4. The molecule has 0 amide bonds. The van der Waals surface area contributed by atoms with Crippen molar-refractivity contribution in [2.24, 2.45) is 5.92 Å². The summed E-state index contributed by atoms with van der Waals surface area (Å²) in [5.74, 6) is 1.81. The Morgan fingerprint density at radius 2 is 1.70 bits per heavy atom. The average Bonchev–Trinajstić information content (AvgIpc) is 2.57. The monoisotopic (exact) mass is 315 g/mol. The minimum Gasteiger partial charge on any atom is -0.385 e. The van der Waals surface area contributed by atoms with Gasteiger partial charge in [0.25, 0.3) is 0 Å². The Labute approximate surface area is 144 Å². The van der Waals surface area contributed by atoms with Crippen molar-refractivity contribution in [1.29, 1.82) is 0 Å². The Morgan fingerprint density at radius 3 is 2.35 bits per heavy atom. The van der Waals surface area contributed by atoms with Crippen LogP contribution in [0.2, 0.25) is 0 Å². The molecule has 0 radical (unpaired) electrons. The third-order valence-electron chi connectivity index (χ3n) is 5.63. The van der Waals surface area contributed by atoms with Gasteiger partial charge in [-0.2, -0.15) is 0 Å². The maximum atomic E-state index is 3.58. The lowest BCUT2D eigenvalue weighted by atomic mass is 9.77. The summed E-state index contributed by atoms with van der Waals surface area (Å²) in [6.07, 6.45) is 13.9. The third kappa shape index (κ3) is 5.86. The van der Waals surface area contributed by atoms with Gasteiger partial charge in [0.05, 0.1) is 0 Å². The van der Waals surface area contributed by atoms with Crippen molar-refractivity contribution in [1.82, 2.24) is 0 Å². The molecule has 1 aliphatic carbocycles. The molecule has 0 unspecified atom stereocenters. The summed E-state index contributed by atoms with van der Waals surface area (Å²) in [6.45, 7) is 7.91. The second-order valence-electron chi connectivity index (χ2n) is 7.57. The molecule has 0 aliphatic heterocycles. The van der Waals surface area contributed by atoms with Crippen LogP contribution in [0.25, 0.3) is 0 Å². The molecule has 1 aromatic carbocycles. The number of rotatable bonds is 9. The zero-order valence-corrected chi connectivity index (χ0v) is 15.7. The van der Waals surface area contributed by atoms with E-state index in [0.29, 0.717) is 0 Å². The maximum Gasteiger partial charge on any atom is 0.0370 e. The van der Waals surface area contributed by atoms with E-state index in [2.05, 4.69) is 44.3 Å². The van der Waals surface area contributed by atoms with Gasteiger partial charge in [0, 0.05) is 12.2 Å². The average molecular weight is 316 g/mol. The van der Waals surface area contributed by atoms with E-state index in [4.69, 9.17) is 0 Å². The predicted octanol–water partition coefficient (Wildman–Crippen LogP) is 7.06. The SMILES string of the molecule is CCCCCC1CCC(c2ccc(NCCCC)c(C)c2)CC1. The largest absolute Gasteiger partial charge is 0.385 e. The molecular formula is C22H37N. The summed E-state index contributed by atoms with van der Waals surface area (Å²) in [5.41, 5.74) is 4.33. The van der Waals surface area contributed by atoms with E-state index in [1.165, 1.54) is 75.5 Å². The molecule has 1 aliphatic rings. The number of hydrogen-bond donors (Lipinski definition) is 1. The minimum absolute atomic E-state index is 0.806. The summed E-state index contributed by atoms with van der Waals surface area (Å²) in [5, 5.41) is 3.58. The Bertz CT molecular complexity index is 443. The molecule has 23 heavy (non-hydrogen) atoms. The molecule has 130 valence electrons. The van der Waals surface area contributed by atoms with Crippen LogP contribution in [0.3, 0.4) is 0 Å². The van der Waals surface area contributed by atoms with E-state index >= 15 is 0 Å². The highest BCUT2D eigenvalue weighted by atomic mass is 14.9. The second kappa shape index (κ2) is 10.0. The quantitative estimate of drug-likeness (QED) is 0.481. The Balaban J connectivity index is 1.82. The first-order valence-electron chi connectivity index (χ1n) is 10.1. The number of hydrogen-bond acceptors (Lipinski definition) is 1. The molecule has 0 spiro atoms. The van der Waals surface area contributed by atoms with Gasteiger partial charge in [-0.3, -0.25) is 0 Å². The highest BCUT2D eigenvalue weighted by molar-refractivity contribution is 5.52. The van der Waals surface area contributed by atoms with Crippen LogP contribution in [0.5, 0.6) is 0 Å². The Kier molecular flexibility index (Phi) is 7.99. The smallest absolute Gasteiger partial charge is 0.0370 e. The van der Waals surface area contributed by atoms with Crippen LogP contribution in [-0.2, 0) is 0 Å². The van der Waals surface area contributed by atoms with Gasteiger partial charge in [0.2, 0.25) is 0 Å². The highest BCUT2D eigenvalue weighted by Crippen LogP contribution is 2.38. The molecule has 1 fully saturated rings. The Morgan fingerprint density at radius 1 is 0.957 bits per heavy atom. The number of unbranched alkanes of at least 4 members (excludes halogenated alkanes) is 3. The molecule has 1 nitrogen and oxygen atoms in total. The van der Waals surface area contributed by atoms with Crippen LogP contribution < -0.4 is 5.32 Å². The number of benzene rings is 1. The first-order valence-corrected chi connectivity index (χ1v) is 10.1. The van der Waals surface area contributed by atoms with Gasteiger partial charge in [-0.1, -0.05) is 58.1 Å². The van der Waals surface area contributed by atoms with Gasteiger partial charge in [-0.25, -0.2) is 0 Å². The van der Waals surface area contributed by atoms with Crippen LogP contribution in [0.4, 0.5) is 5.69 Å². The molecule has 2 rings (SSSR count). The molecule has 0 bridgehead atoms. The van der Waals surface area contributed by atoms with Gasteiger partial charge in [-0.15, -0.1) is 0 Å². The lowest BCUT2D eigenvalue weighted by molar-refractivity contribution is 0.303. The van der Waals surface area contributed by atoms with Crippen LogP contribution in [0.15, 0.2) is 18.2 Å². The van der Waals surface area contributed by atoms with E-state index in [1.807, 2.05) is 0 Å². The fourth-order valence-corrected chi connectivity index (χ4v) is 4.01. The minimum atomic E-state index is 0.806. The Hall–Kier alpha value is -0.980. The molecule has 1 saturated carbocycles. The highest BCUT2D eigenvalue weighted by Gasteiger charge is 2.22. The van der Waals surface area contributed by atoms with Crippen LogP contribution >= 0.6 is 0 Å². The molecule has 1 aromatic rings. The summed E-state index contributed by atoms with van der Waals surface area (Å²) < 4.78 is 0. The van der Waals surface area contributed by atoms with Gasteiger partial charge in [-0.05, 0) is 68.1 Å². The van der Waals surface area contributed by atoms with Crippen LogP contribution in [0.1, 0.15) is 95.1 Å². The van der Waals surface area contributed by atoms with E-state index in [-0.39, 0.29) is 0 Å². The van der Waals surface area contributed by atoms with Crippen molar-refractivity contribution in [2.45, 2.75) is 90.9 Å². The second-order valence-corrected chi connectivity index (χ2v) is 7.57. The number of anilines is 1. The molecule has 0 aromatic heterocycles. The van der Waals surface area contributed by atoms with Crippen molar-refractivity contribution < 1.29 is 0 Å². The van der Waals surface area contributed by atoms with Crippen molar-refractivity contribution >= 4 is 5.69 Å². The van der Waals surface area contributed by atoms with Crippen molar-refractivity contribution in [2.75, 3.05) is 11.9 Å². The van der Waals surface area contributed by atoms with E-state index in [1.54, 1.807) is 5.56 Å². The summed E-state index contributed by atoms with van der Waals surface area (Å²) in [6, 6.07) is 7.13. The summed E-state index contributed by atoms with van der Waals surface area (Å²) >= 11 is 0. The van der Waals surface area contributed by atoms with E-state index in [0.717, 1.165) is 18.4 Å². The lowest BCUT2D eigenvalue weighted by Crippen LogP contribution is -2.13. The van der Waals surface area contributed by atoms with Gasteiger partial charge in [0.15, 0.2) is 0 Å². The van der Waals surface area contributed by atoms with E-state index < -0.39 is 0 Å². The van der Waals surface area contributed by atoms with Gasteiger partial charge in [0.1, 0.15) is 0 Å². The predicted molar refractivity (Wildman–Crippen MR) is 103 cm³/mol. The number of aryl methyl sites for hydroxylation is 1. The van der Waals surface area contributed by atoms with Gasteiger partial charge < -0.3 is 5.32 Å². The molecule has 0 saturated heterocycles. The standard InChI is InChI=1S/C22H37N/c1-4-6-8-9-19-10-12-20(13-11-19)21-14-15-22(18(3)17-21)23-16-7-5-2/h14-15,17,19-20,23H,4-13,16H2,1-3H3. The fraction of sp³-hybridized carbons (Fsp3) is 0.727. The van der Waals surface area contributed by atoms with Crippen molar-refractivity contribution in [3.05, 3.63) is 29.3 Å². The topological polar surface area (TPSA) is 12.0 Å². The maximum absolute atomic E-state index is 3.58. The van der Waals surface area contributed by atoms with Crippen LogP contribution in [0, 0.1) is 12.8 Å². The normalized spacial score (nSPS) is 21.3. The first-order chi connectivity index (χ1) is 11.2. The third-order valence-corrected chi connectivity index (χ3v) is 5.63. The zero-order valence-electron chi connectivity index (χ0n) is 15.7. The summed E-state index contributed by atoms with van der Waals surface area (Å²) in [7, 11) is 0. The van der Waals surface area contributed by atoms with Gasteiger partial charge >= 0.3 is 0 Å². The van der Waals surface area contributed by atoms with E-state index in [9.17, 15) is 0 Å². The fourth-order valence-electron chi connectivity index (χ4n) is 4.01. The number of nitrogens with one attached hydrogen (secondary N) is 1. The molecule has 1 N–H and O–H groups in total. The lowest BCUT2D eigenvalue weighted by Gasteiger charge is -2.29.